The highest BCUT2D eigenvalue weighted by Crippen LogP contribution is 2.37. The molecule has 48 heavy (non-hydrogen) atoms. The molecule has 0 bridgehead atoms. The number of carbonyl (C=O) groups is 1. The average Bonchev–Trinajstić information content (AvgIpc) is 3.06. The molecule has 0 saturated carbocycles. The van der Waals surface area contributed by atoms with Crippen molar-refractivity contribution in [2.45, 2.75) is 130 Å². The number of aliphatic hydroxyl groups excluding tert-OH is 13. The quantitative estimate of drug-likeness (QED) is 0.0948. The van der Waals surface area contributed by atoms with Gasteiger partial charge in [0.05, 0.1) is 44.7 Å². The molecule has 0 radical (unpaired) electrons. The topological polar surface area (TPSA) is 347 Å². The van der Waals surface area contributed by atoms with Crippen molar-refractivity contribution in [3.05, 3.63) is 0 Å². The molecule has 4 rings (SSSR count). The Bertz CT molecular complexity index is 1030. The molecule has 20 atom stereocenters. The molecule has 4 fully saturated rings. The third-order valence-electron chi connectivity index (χ3n) is 9.17. The van der Waals surface area contributed by atoms with E-state index in [1.54, 1.807) is 0 Å². The summed E-state index contributed by atoms with van der Waals surface area (Å²) in [6, 6.07) is -1.39. The van der Waals surface area contributed by atoms with E-state index < -0.39 is 161 Å². The summed E-state index contributed by atoms with van der Waals surface area (Å²) in [6.45, 7) is -2.11. The number of hydrogen-bond donors (Lipinski definition) is 14. The Kier molecular flexibility index (Phi) is 13.8. The van der Waals surface area contributed by atoms with Crippen molar-refractivity contribution in [1.82, 2.24) is 5.32 Å². The summed E-state index contributed by atoms with van der Waals surface area (Å²) in [5, 5.41) is 137. The maximum absolute atomic E-state index is 12.2. The molecule has 0 aromatic heterocycles. The molecule has 9 unspecified atom stereocenters. The van der Waals surface area contributed by atoms with Crippen molar-refractivity contribution in [2.24, 2.45) is 5.92 Å². The zero-order valence-corrected chi connectivity index (χ0v) is 25.8. The lowest BCUT2D eigenvalue weighted by Gasteiger charge is -2.50. The third kappa shape index (κ3) is 8.10. The number of ether oxygens (including phenoxy) is 6. The second-order valence-electron chi connectivity index (χ2n) is 12.3. The molecule has 4 heterocycles. The lowest BCUT2D eigenvalue weighted by molar-refractivity contribution is -0.354. The molecule has 0 aromatic carbocycles. The van der Waals surface area contributed by atoms with Crippen LogP contribution in [0.1, 0.15) is 13.3 Å². The largest absolute Gasteiger partial charge is 0.394 e. The fraction of sp³-hybridized carbons (Fsp3) is 0.963. The van der Waals surface area contributed by atoms with Gasteiger partial charge in [0.1, 0.15) is 79.4 Å². The van der Waals surface area contributed by atoms with Gasteiger partial charge in [-0.3, -0.25) is 4.79 Å². The first-order valence-electron chi connectivity index (χ1n) is 15.4. The standard InChI is InChI=1S/C27H47NO20/c1-7(33)28-14-9(43-12(5-31)23(18(14)37)47-27-22(41)19(38)17(36)11(4-30)46-27)2-8-15(34)10(3-29)45-26(16(8)35)48-24-13(6-32)44-25(42)21(40)20(24)39/h8-27,29-32,34-42H,2-6H2,1H3,(H,28,33)/t8?,9-,10?,11?,12?,13?,14?,15+,16-,17-,18+,19?,20?,21-,22-,23+,24+,25?,26-,27-/m0/s1. The summed E-state index contributed by atoms with van der Waals surface area (Å²) >= 11 is 0. The van der Waals surface area contributed by atoms with Crippen LogP contribution in [0.4, 0.5) is 0 Å². The molecule has 1 amide bonds. The number of hydrogen-bond acceptors (Lipinski definition) is 20. The van der Waals surface area contributed by atoms with E-state index in [1.807, 2.05) is 0 Å². The molecular weight excluding hydrogens is 658 g/mol. The van der Waals surface area contributed by atoms with E-state index in [1.165, 1.54) is 0 Å². The van der Waals surface area contributed by atoms with Gasteiger partial charge >= 0.3 is 0 Å². The Morgan fingerprint density at radius 2 is 1.04 bits per heavy atom. The average molecular weight is 706 g/mol. The minimum atomic E-state index is -1.88. The third-order valence-corrected chi connectivity index (χ3v) is 9.17. The lowest BCUT2D eigenvalue weighted by Crippen LogP contribution is -2.68. The molecule has 4 aliphatic heterocycles. The maximum atomic E-state index is 12.2. The van der Waals surface area contributed by atoms with Crippen LogP contribution >= 0.6 is 0 Å². The van der Waals surface area contributed by atoms with Crippen LogP contribution in [0.5, 0.6) is 0 Å². The SMILES string of the molecule is CC(=O)NC1[C@H](CC2[C@@H](O)C(CO)O[C@@H](O[C@@H]3C(CO)OC(O)[C@@H](O)C3O)[C@H]2O)OC(CO)[C@@H](O[C@@H]2OC(CO)[C@H](O)C(O)[C@@H]2O)[C@@H]1O. The zero-order chi connectivity index (χ0) is 35.6. The van der Waals surface area contributed by atoms with E-state index in [0.717, 1.165) is 6.92 Å². The maximum Gasteiger partial charge on any atom is 0.217 e. The normalized spacial score (nSPS) is 50.2. The summed E-state index contributed by atoms with van der Waals surface area (Å²) in [4.78, 5) is 12.2. The van der Waals surface area contributed by atoms with Crippen LogP contribution in [-0.4, -0.2) is 215 Å². The molecule has 21 nitrogen and oxygen atoms in total. The Labute approximate surface area is 273 Å². The van der Waals surface area contributed by atoms with Crippen molar-refractivity contribution in [2.75, 3.05) is 26.4 Å². The molecule has 0 aromatic rings. The van der Waals surface area contributed by atoms with Crippen molar-refractivity contribution in [3.8, 4) is 0 Å². The first-order chi connectivity index (χ1) is 22.7. The molecule has 280 valence electrons. The van der Waals surface area contributed by atoms with E-state index in [2.05, 4.69) is 5.32 Å². The first-order valence-corrected chi connectivity index (χ1v) is 15.4. The van der Waals surface area contributed by atoms with Gasteiger partial charge in [-0.15, -0.1) is 0 Å². The Balaban J connectivity index is 1.56. The number of carbonyl (C=O) groups excluding carboxylic acids is 1. The van der Waals surface area contributed by atoms with Gasteiger partial charge < -0.3 is 100 Å². The summed E-state index contributed by atoms with van der Waals surface area (Å²) in [5.74, 6) is -2.01. The molecule has 4 saturated heterocycles. The van der Waals surface area contributed by atoms with Gasteiger partial charge in [0, 0.05) is 12.8 Å². The predicted molar refractivity (Wildman–Crippen MR) is 149 cm³/mol. The van der Waals surface area contributed by atoms with Gasteiger partial charge in [-0.25, -0.2) is 0 Å². The Hall–Kier alpha value is -1.29. The molecule has 14 N–H and O–H groups in total. The monoisotopic (exact) mass is 705 g/mol. The van der Waals surface area contributed by atoms with Crippen LogP contribution in [0.2, 0.25) is 0 Å². The molecule has 4 aliphatic rings. The van der Waals surface area contributed by atoms with Crippen LogP contribution in [0.25, 0.3) is 0 Å². The Morgan fingerprint density at radius 3 is 1.58 bits per heavy atom. The molecule has 0 aliphatic carbocycles. The summed E-state index contributed by atoms with van der Waals surface area (Å²) < 4.78 is 33.2. The summed E-state index contributed by atoms with van der Waals surface area (Å²) in [5.41, 5.74) is 0. The van der Waals surface area contributed by atoms with E-state index in [4.69, 9.17) is 28.4 Å². The van der Waals surface area contributed by atoms with Crippen LogP contribution in [0.15, 0.2) is 0 Å². The van der Waals surface area contributed by atoms with Crippen LogP contribution in [0, 0.1) is 5.92 Å². The van der Waals surface area contributed by atoms with Crippen molar-refractivity contribution in [3.63, 3.8) is 0 Å². The van der Waals surface area contributed by atoms with Crippen molar-refractivity contribution < 1.29 is 99.6 Å². The summed E-state index contributed by atoms with van der Waals surface area (Å²) in [6.07, 6.45) is -30.2. The van der Waals surface area contributed by atoms with Crippen molar-refractivity contribution in [1.29, 1.82) is 0 Å². The number of amides is 1. The number of rotatable bonds is 11. The van der Waals surface area contributed by atoms with Crippen LogP contribution in [0.3, 0.4) is 0 Å². The first kappa shape index (κ1) is 39.5. The highest BCUT2D eigenvalue weighted by atomic mass is 16.7. The zero-order valence-electron chi connectivity index (χ0n) is 25.8. The van der Waals surface area contributed by atoms with Gasteiger partial charge in [-0.05, 0) is 6.42 Å². The lowest BCUT2D eigenvalue weighted by atomic mass is 9.80. The van der Waals surface area contributed by atoms with Gasteiger partial charge in [0.15, 0.2) is 18.9 Å². The van der Waals surface area contributed by atoms with Crippen LogP contribution in [-0.2, 0) is 33.2 Å². The van der Waals surface area contributed by atoms with Crippen molar-refractivity contribution >= 4 is 5.91 Å². The van der Waals surface area contributed by atoms with E-state index >= 15 is 0 Å². The predicted octanol–water partition coefficient (Wildman–Crippen LogP) is -8.94. The minimum absolute atomic E-state index is 0.415. The second-order valence-corrected chi connectivity index (χ2v) is 12.3. The van der Waals surface area contributed by atoms with Gasteiger partial charge in [-0.1, -0.05) is 0 Å². The second kappa shape index (κ2) is 16.8. The summed E-state index contributed by atoms with van der Waals surface area (Å²) in [7, 11) is 0. The molecular formula is C27H47NO20. The number of nitrogens with one attached hydrogen (secondary N) is 1. The smallest absolute Gasteiger partial charge is 0.217 e. The van der Waals surface area contributed by atoms with Gasteiger partial charge in [-0.2, -0.15) is 0 Å². The van der Waals surface area contributed by atoms with E-state index in [-0.39, 0.29) is 0 Å². The van der Waals surface area contributed by atoms with Gasteiger partial charge in [0.25, 0.3) is 0 Å². The number of aliphatic hydroxyl groups is 13. The van der Waals surface area contributed by atoms with E-state index in [0.29, 0.717) is 0 Å². The molecule has 0 spiro atoms. The highest BCUT2D eigenvalue weighted by molar-refractivity contribution is 5.73. The molecule has 21 heteroatoms. The minimum Gasteiger partial charge on any atom is -0.394 e. The highest BCUT2D eigenvalue weighted by Gasteiger charge is 2.55. The Morgan fingerprint density at radius 1 is 0.542 bits per heavy atom. The fourth-order valence-electron chi connectivity index (χ4n) is 6.51. The van der Waals surface area contributed by atoms with Crippen LogP contribution < -0.4 is 5.32 Å². The van der Waals surface area contributed by atoms with Gasteiger partial charge in [0.2, 0.25) is 5.91 Å². The fourth-order valence-corrected chi connectivity index (χ4v) is 6.51. The van der Waals surface area contributed by atoms with E-state index in [9.17, 15) is 71.2 Å².